The molecular weight excluding hydrogens is 583 g/mol. The Balaban J connectivity index is 0.000000515. The first kappa shape index (κ1) is 31.7. The summed E-state index contributed by atoms with van der Waals surface area (Å²) in [4.78, 5) is 40.1. The number of likely N-dealkylation sites (tertiary alicyclic amines) is 1. The van der Waals surface area contributed by atoms with Crippen molar-refractivity contribution in [3.8, 4) is 0 Å². The number of alkyl halides is 3. The number of hydrogen-bond donors (Lipinski definition) is 2. The Labute approximate surface area is 259 Å². The van der Waals surface area contributed by atoms with Gasteiger partial charge in [0, 0.05) is 23.8 Å². The predicted octanol–water partition coefficient (Wildman–Crippen LogP) is 6.17. The number of carboxylic acid groups (broad SMARTS) is 1. The lowest BCUT2D eigenvalue weighted by atomic mass is 9.73. The minimum absolute atomic E-state index is 0.00386. The second kappa shape index (κ2) is 13.1. The van der Waals surface area contributed by atoms with Crippen molar-refractivity contribution >= 4 is 34.2 Å². The Morgan fingerprint density at radius 3 is 2.16 bits per heavy atom. The molecule has 4 aromatic carbocycles. The van der Waals surface area contributed by atoms with Crippen molar-refractivity contribution in [3.05, 3.63) is 114 Å². The van der Waals surface area contributed by atoms with Gasteiger partial charge in [0.1, 0.15) is 0 Å². The summed E-state index contributed by atoms with van der Waals surface area (Å²) in [6.45, 7) is 5.07. The molecule has 2 N–H and O–H groups in total. The van der Waals surface area contributed by atoms with Crippen molar-refractivity contribution in [2.45, 2.75) is 43.9 Å². The Morgan fingerprint density at radius 1 is 0.889 bits per heavy atom. The Hall–Kier alpha value is -4.70. The van der Waals surface area contributed by atoms with E-state index >= 15 is 0 Å². The molecule has 45 heavy (non-hydrogen) atoms. The fourth-order valence-electron chi connectivity index (χ4n) is 6.19. The summed E-state index contributed by atoms with van der Waals surface area (Å²) in [7, 11) is 0. The number of anilines is 1. The van der Waals surface area contributed by atoms with E-state index in [0.29, 0.717) is 12.1 Å². The molecule has 0 saturated carbocycles. The number of nitrogens with zero attached hydrogens (tertiary/aromatic N) is 2. The van der Waals surface area contributed by atoms with Crippen LogP contribution in [0.5, 0.6) is 0 Å². The van der Waals surface area contributed by atoms with Crippen molar-refractivity contribution < 1.29 is 32.7 Å². The third-order valence-corrected chi connectivity index (χ3v) is 8.42. The molecule has 1 spiro atoms. The molecule has 4 aromatic rings. The first-order valence-corrected chi connectivity index (χ1v) is 14.8. The quantitative estimate of drug-likeness (QED) is 0.270. The number of nitrogens with one attached hydrogen (secondary N) is 1. The van der Waals surface area contributed by atoms with Crippen molar-refractivity contribution in [2.75, 3.05) is 24.5 Å². The number of benzene rings is 4. The Kier molecular flexibility index (Phi) is 9.24. The SMILES string of the molecule is C[C@@H](CN1CCC2(CC1)C(=O)N(Cc1ccccc1)c1ccccc12)NC(=O)c1ccc2ccccc2c1.O=C(O)C(F)(F)F. The van der Waals surface area contributed by atoms with Crippen molar-refractivity contribution in [2.24, 2.45) is 0 Å². The van der Waals surface area contributed by atoms with Gasteiger partial charge in [-0.3, -0.25) is 9.59 Å². The summed E-state index contributed by atoms with van der Waals surface area (Å²) in [5.74, 6) is -2.58. The van der Waals surface area contributed by atoms with Gasteiger partial charge in [0.2, 0.25) is 5.91 Å². The molecule has 2 aliphatic rings. The lowest BCUT2D eigenvalue weighted by molar-refractivity contribution is -0.192. The summed E-state index contributed by atoms with van der Waals surface area (Å²) in [5, 5.41) is 12.5. The van der Waals surface area contributed by atoms with E-state index in [9.17, 15) is 22.8 Å². The molecule has 2 aliphatic heterocycles. The molecule has 0 radical (unpaired) electrons. The third kappa shape index (κ3) is 7.01. The fourth-order valence-corrected chi connectivity index (χ4v) is 6.19. The first-order valence-electron chi connectivity index (χ1n) is 14.8. The summed E-state index contributed by atoms with van der Waals surface area (Å²) in [6.07, 6.45) is -3.50. The maximum Gasteiger partial charge on any atom is 0.490 e. The summed E-state index contributed by atoms with van der Waals surface area (Å²) in [6, 6.07) is 32.4. The first-order chi connectivity index (χ1) is 21.5. The smallest absolute Gasteiger partial charge is 0.475 e. The van der Waals surface area contributed by atoms with Crippen LogP contribution < -0.4 is 10.2 Å². The largest absolute Gasteiger partial charge is 0.490 e. The minimum atomic E-state index is -5.08. The Bertz CT molecular complexity index is 1680. The number of carboxylic acids is 1. The molecule has 234 valence electrons. The number of carbonyl (C=O) groups is 3. The minimum Gasteiger partial charge on any atom is -0.475 e. The van der Waals surface area contributed by atoms with Crippen LogP contribution in [0.3, 0.4) is 0 Å². The summed E-state index contributed by atoms with van der Waals surface area (Å²) >= 11 is 0. The molecule has 7 nitrogen and oxygen atoms in total. The maximum absolute atomic E-state index is 13.9. The maximum atomic E-state index is 13.9. The fraction of sp³-hybridized carbons (Fsp3) is 0.286. The zero-order valence-corrected chi connectivity index (χ0v) is 24.8. The van der Waals surface area contributed by atoms with Gasteiger partial charge < -0.3 is 20.2 Å². The van der Waals surface area contributed by atoms with Crippen LogP contribution in [0.2, 0.25) is 0 Å². The number of hydrogen-bond acceptors (Lipinski definition) is 4. The Morgan fingerprint density at radius 2 is 1.49 bits per heavy atom. The van der Waals surface area contributed by atoms with E-state index < -0.39 is 17.6 Å². The van der Waals surface area contributed by atoms with E-state index in [2.05, 4.69) is 53.5 Å². The number of halogens is 3. The van der Waals surface area contributed by atoms with Crippen LogP contribution in [0, 0.1) is 0 Å². The second-order valence-corrected chi connectivity index (χ2v) is 11.5. The standard InChI is InChI=1S/C33H33N3O2.C2HF3O2/c1-24(34-31(37)28-16-15-26-11-5-6-12-27(26)21-28)22-35-19-17-33(18-20-35)29-13-7-8-14-30(29)36(32(33)38)23-25-9-3-2-4-10-25;3-2(4,5)1(6)7/h2-16,21,24H,17-20,22-23H2,1H3,(H,34,37);(H,6,7)/t24-;/m0./s1. The zero-order valence-electron chi connectivity index (χ0n) is 24.8. The molecule has 2 heterocycles. The van der Waals surface area contributed by atoms with E-state index in [1.165, 1.54) is 5.56 Å². The third-order valence-electron chi connectivity index (χ3n) is 8.42. The number of para-hydroxylation sites is 1. The lowest BCUT2D eigenvalue weighted by Gasteiger charge is -2.39. The van der Waals surface area contributed by atoms with Crippen LogP contribution >= 0.6 is 0 Å². The molecule has 10 heteroatoms. The van der Waals surface area contributed by atoms with Gasteiger partial charge in [0.05, 0.1) is 12.0 Å². The molecule has 1 atom stereocenters. The molecule has 0 bridgehead atoms. The van der Waals surface area contributed by atoms with Gasteiger partial charge in [0.15, 0.2) is 0 Å². The van der Waals surface area contributed by atoms with Crippen molar-refractivity contribution in [1.29, 1.82) is 0 Å². The van der Waals surface area contributed by atoms with Crippen molar-refractivity contribution in [1.82, 2.24) is 10.2 Å². The number of piperidine rings is 1. The van der Waals surface area contributed by atoms with Crippen LogP contribution in [0.1, 0.15) is 41.3 Å². The van der Waals surface area contributed by atoms with Gasteiger partial charge in [-0.2, -0.15) is 13.2 Å². The number of carbonyl (C=O) groups excluding carboxylic acids is 2. The monoisotopic (exact) mass is 617 g/mol. The molecule has 0 unspecified atom stereocenters. The molecule has 1 fully saturated rings. The molecule has 0 aliphatic carbocycles. The van der Waals surface area contributed by atoms with Gasteiger partial charge in [-0.1, -0.05) is 78.9 Å². The average molecular weight is 618 g/mol. The highest BCUT2D eigenvalue weighted by Gasteiger charge is 2.51. The summed E-state index contributed by atoms with van der Waals surface area (Å²) < 4.78 is 31.7. The van der Waals surface area contributed by atoms with E-state index in [1.54, 1.807) is 0 Å². The van der Waals surface area contributed by atoms with E-state index in [1.807, 2.05) is 65.6 Å². The number of amides is 2. The zero-order chi connectivity index (χ0) is 32.2. The predicted molar refractivity (Wildman–Crippen MR) is 166 cm³/mol. The highest BCUT2D eigenvalue weighted by Crippen LogP contribution is 2.48. The number of fused-ring (bicyclic) bond motifs is 3. The normalized spacial score (nSPS) is 16.5. The van der Waals surface area contributed by atoms with Crippen LogP contribution in [-0.2, 0) is 21.5 Å². The number of aliphatic carboxylic acids is 1. The molecule has 2 amide bonds. The van der Waals surface area contributed by atoms with Crippen LogP contribution in [0.25, 0.3) is 10.8 Å². The van der Waals surface area contributed by atoms with E-state index in [0.717, 1.165) is 54.5 Å². The van der Waals surface area contributed by atoms with E-state index in [-0.39, 0.29) is 17.9 Å². The van der Waals surface area contributed by atoms with Crippen molar-refractivity contribution in [3.63, 3.8) is 0 Å². The molecule has 1 saturated heterocycles. The van der Waals surface area contributed by atoms with Gasteiger partial charge in [0.25, 0.3) is 5.91 Å². The lowest BCUT2D eigenvalue weighted by Crippen LogP contribution is -2.51. The topological polar surface area (TPSA) is 90.0 Å². The van der Waals surface area contributed by atoms with Gasteiger partial charge in [-0.05, 0) is 73.0 Å². The molecule has 6 rings (SSSR count). The highest BCUT2D eigenvalue weighted by atomic mass is 19.4. The average Bonchev–Trinajstić information content (AvgIpc) is 3.25. The van der Waals surface area contributed by atoms with Gasteiger partial charge in [-0.25, -0.2) is 4.79 Å². The van der Waals surface area contributed by atoms with Crippen LogP contribution in [0.15, 0.2) is 97.1 Å². The molecular formula is C35H34F3N3O4. The highest BCUT2D eigenvalue weighted by molar-refractivity contribution is 6.08. The van der Waals surface area contributed by atoms with E-state index in [4.69, 9.17) is 9.90 Å². The van der Waals surface area contributed by atoms with Gasteiger partial charge in [-0.15, -0.1) is 0 Å². The summed E-state index contributed by atoms with van der Waals surface area (Å²) in [5.41, 5.74) is 3.57. The van der Waals surface area contributed by atoms with Gasteiger partial charge >= 0.3 is 12.1 Å². The second-order valence-electron chi connectivity index (χ2n) is 11.5. The number of rotatable bonds is 6. The molecule has 0 aromatic heterocycles. The van der Waals surface area contributed by atoms with Crippen LogP contribution in [0.4, 0.5) is 18.9 Å². The van der Waals surface area contributed by atoms with Crippen LogP contribution in [-0.4, -0.2) is 59.6 Å².